The quantitative estimate of drug-likeness (QED) is 0.766. The van der Waals surface area contributed by atoms with E-state index in [0.717, 1.165) is 5.56 Å². The third-order valence-electron chi connectivity index (χ3n) is 3.36. The Bertz CT molecular complexity index is 904. The molecule has 0 saturated heterocycles. The summed E-state index contributed by atoms with van der Waals surface area (Å²) in [6, 6.07) is 19.5. The third-order valence-corrected chi connectivity index (χ3v) is 3.69. The van der Waals surface area contributed by atoms with Crippen molar-refractivity contribution in [2.24, 2.45) is 0 Å². The highest BCUT2D eigenvalue weighted by atomic mass is 35.5. The predicted molar refractivity (Wildman–Crippen MR) is 91.9 cm³/mol. The lowest BCUT2D eigenvalue weighted by molar-refractivity contribution is 0.102. The van der Waals surface area contributed by atoms with Crippen LogP contribution in [-0.4, -0.2) is 10.9 Å². The van der Waals surface area contributed by atoms with Gasteiger partial charge in [-0.1, -0.05) is 54.1 Å². The zero-order valence-corrected chi connectivity index (χ0v) is 12.8. The Morgan fingerprint density at radius 3 is 2.30 bits per heavy atom. The summed E-state index contributed by atoms with van der Waals surface area (Å²) in [5, 5.41) is 3.05. The molecule has 0 fully saturated rings. The second kappa shape index (κ2) is 6.50. The van der Waals surface area contributed by atoms with Gasteiger partial charge in [-0.05, 0) is 29.8 Å². The summed E-state index contributed by atoms with van der Waals surface area (Å²) < 4.78 is 0. The van der Waals surface area contributed by atoms with Gasteiger partial charge in [-0.25, -0.2) is 0 Å². The standard InChI is InChI=1S/C18H13ClN2O2/c19-14-8-4-5-9-16(14)21-18(23)13-10-11-15(20-17(13)22)12-6-2-1-3-7-12/h1-11H,(H,20,22)(H,21,23). The minimum Gasteiger partial charge on any atom is -0.321 e. The Morgan fingerprint density at radius 1 is 0.913 bits per heavy atom. The van der Waals surface area contributed by atoms with E-state index in [2.05, 4.69) is 10.3 Å². The minimum absolute atomic E-state index is 0.0320. The predicted octanol–water partition coefficient (Wildman–Crippen LogP) is 3.95. The highest BCUT2D eigenvalue weighted by molar-refractivity contribution is 6.33. The van der Waals surface area contributed by atoms with Gasteiger partial charge in [0.15, 0.2) is 0 Å². The highest BCUT2D eigenvalue weighted by Crippen LogP contribution is 2.21. The summed E-state index contributed by atoms with van der Waals surface area (Å²) in [7, 11) is 0. The van der Waals surface area contributed by atoms with Gasteiger partial charge in [-0.15, -0.1) is 0 Å². The Hall–Kier alpha value is -2.85. The number of carbonyl (C=O) groups is 1. The average Bonchev–Trinajstić information content (AvgIpc) is 2.57. The lowest BCUT2D eigenvalue weighted by atomic mass is 10.1. The lowest BCUT2D eigenvalue weighted by Gasteiger charge is -2.07. The fourth-order valence-corrected chi connectivity index (χ4v) is 2.37. The summed E-state index contributed by atoms with van der Waals surface area (Å²) in [5.41, 5.74) is 1.58. The topological polar surface area (TPSA) is 62.0 Å². The van der Waals surface area contributed by atoms with E-state index in [9.17, 15) is 9.59 Å². The number of aromatic amines is 1. The van der Waals surface area contributed by atoms with E-state index in [4.69, 9.17) is 11.6 Å². The van der Waals surface area contributed by atoms with Gasteiger partial charge in [0.05, 0.1) is 10.7 Å². The molecule has 4 nitrogen and oxygen atoms in total. The average molecular weight is 325 g/mol. The molecule has 3 aromatic rings. The first kappa shape index (κ1) is 15.1. The van der Waals surface area contributed by atoms with Gasteiger partial charge < -0.3 is 10.3 Å². The van der Waals surface area contributed by atoms with E-state index in [1.54, 1.807) is 30.3 Å². The fourth-order valence-electron chi connectivity index (χ4n) is 2.19. The molecule has 0 saturated carbocycles. The van der Waals surface area contributed by atoms with Crippen molar-refractivity contribution in [3.8, 4) is 11.3 Å². The first-order valence-electron chi connectivity index (χ1n) is 7.00. The molecule has 2 N–H and O–H groups in total. The van der Waals surface area contributed by atoms with Crippen LogP contribution in [0.5, 0.6) is 0 Å². The monoisotopic (exact) mass is 324 g/mol. The molecular formula is C18H13ClN2O2. The molecule has 0 aliphatic heterocycles. The van der Waals surface area contributed by atoms with Gasteiger partial charge in [-0.3, -0.25) is 9.59 Å². The van der Waals surface area contributed by atoms with Crippen molar-refractivity contribution in [3.05, 3.63) is 87.7 Å². The van der Waals surface area contributed by atoms with Gasteiger partial charge in [0.2, 0.25) is 0 Å². The van der Waals surface area contributed by atoms with Crippen LogP contribution in [0.15, 0.2) is 71.5 Å². The number of pyridine rings is 1. The summed E-state index contributed by atoms with van der Waals surface area (Å²) in [6.07, 6.45) is 0. The van der Waals surface area contributed by atoms with Gasteiger partial charge >= 0.3 is 0 Å². The Labute approximate surface area is 137 Å². The molecule has 1 aromatic heterocycles. The minimum atomic E-state index is -0.501. The number of halogens is 1. The molecule has 3 rings (SSSR count). The van der Waals surface area contributed by atoms with Gasteiger partial charge in [0, 0.05) is 5.69 Å². The number of hydrogen-bond acceptors (Lipinski definition) is 2. The van der Waals surface area contributed by atoms with E-state index in [0.29, 0.717) is 16.4 Å². The van der Waals surface area contributed by atoms with Crippen LogP contribution < -0.4 is 10.9 Å². The van der Waals surface area contributed by atoms with E-state index in [-0.39, 0.29) is 5.56 Å². The zero-order chi connectivity index (χ0) is 16.2. The van der Waals surface area contributed by atoms with Crippen LogP contribution in [0.25, 0.3) is 11.3 Å². The first-order valence-corrected chi connectivity index (χ1v) is 7.37. The molecule has 2 aromatic carbocycles. The van der Waals surface area contributed by atoms with Gasteiger partial charge in [0.1, 0.15) is 5.56 Å². The third kappa shape index (κ3) is 3.33. The Kier molecular flexibility index (Phi) is 4.26. The smallest absolute Gasteiger partial charge is 0.261 e. The second-order valence-corrected chi connectivity index (χ2v) is 5.32. The zero-order valence-electron chi connectivity index (χ0n) is 12.0. The molecule has 1 amide bonds. The van der Waals surface area contributed by atoms with Crippen molar-refractivity contribution >= 4 is 23.2 Å². The number of nitrogens with one attached hydrogen (secondary N) is 2. The van der Waals surface area contributed by atoms with Crippen molar-refractivity contribution in [3.63, 3.8) is 0 Å². The number of aromatic nitrogens is 1. The molecule has 0 bridgehead atoms. The molecule has 0 aliphatic carbocycles. The largest absolute Gasteiger partial charge is 0.321 e. The number of carbonyl (C=O) groups excluding carboxylic acids is 1. The number of H-pyrrole nitrogens is 1. The van der Waals surface area contributed by atoms with Crippen LogP contribution in [0.2, 0.25) is 5.02 Å². The van der Waals surface area contributed by atoms with Crippen molar-refractivity contribution < 1.29 is 4.79 Å². The number of benzene rings is 2. The van der Waals surface area contributed by atoms with Crippen LogP contribution >= 0.6 is 11.6 Å². The van der Waals surface area contributed by atoms with Gasteiger partial charge in [0.25, 0.3) is 11.5 Å². The number of amides is 1. The summed E-state index contributed by atoms with van der Waals surface area (Å²) in [4.78, 5) is 27.1. The molecule has 0 unspecified atom stereocenters. The molecule has 23 heavy (non-hydrogen) atoms. The Balaban J connectivity index is 1.88. The normalized spacial score (nSPS) is 10.3. The molecule has 0 spiro atoms. The maximum atomic E-state index is 12.2. The number of rotatable bonds is 3. The van der Waals surface area contributed by atoms with Crippen LogP contribution in [0.4, 0.5) is 5.69 Å². The molecule has 5 heteroatoms. The van der Waals surface area contributed by atoms with Crippen molar-refractivity contribution in [1.29, 1.82) is 0 Å². The van der Waals surface area contributed by atoms with Gasteiger partial charge in [-0.2, -0.15) is 0 Å². The van der Waals surface area contributed by atoms with Crippen LogP contribution in [0, 0.1) is 0 Å². The molecule has 114 valence electrons. The molecule has 0 aliphatic rings. The second-order valence-electron chi connectivity index (χ2n) is 4.91. The van der Waals surface area contributed by atoms with Crippen LogP contribution in [0.3, 0.4) is 0 Å². The highest BCUT2D eigenvalue weighted by Gasteiger charge is 2.13. The summed E-state index contributed by atoms with van der Waals surface area (Å²) >= 11 is 6.00. The lowest BCUT2D eigenvalue weighted by Crippen LogP contribution is -2.23. The molecule has 1 heterocycles. The van der Waals surface area contributed by atoms with Crippen LogP contribution in [-0.2, 0) is 0 Å². The van der Waals surface area contributed by atoms with E-state index in [1.807, 2.05) is 30.3 Å². The maximum absolute atomic E-state index is 12.2. The summed E-state index contributed by atoms with van der Waals surface area (Å²) in [5.74, 6) is -0.501. The number of para-hydroxylation sites is 1. The van der Waals surface area contributed by atoms with Crippen molar-refractivity contribution in [1.82, 2.24) is 4.98 Å². The maximum Gasteiger partial charge on any atom is 0.261 e. The summed E-state index contributed by atoms with van der Waals surface area (Å²) in [6.45, 7) is 0. The first-order chi connectivity index (χ1) is 11.1. The van der Waals surface area contributed by atoms with Crippen molar-refractivity contribution in [2.75, 3.05) is 5.32 Å². The van der Waals surface area contributed by atoms with Crippen molar-refractivity contribution in [2.45, 2.75) is 0 Å². The molecular weight excluding hydrogens is 312 g/mol. The number of hydrogen-bond donors (Lipinski definition) is 2. The van der Waals surface area contributed by atoms with E-state index < -0.39 is 11.5 Å². The number of anilines is 1. The molecule has 0 atom stereocenters. The molecule has 0 radical (unpaired) electrons. The van der Waals surface area contributed by atoms with E-state index >= 15 is 0 Å². The van der Waals surface area contributed by atoms with E-state index in [1.165, 1.54) is 6.07 Å². The fraction of sp³-hybridized carbons (Fsp3) is 0. The Morgan fingerprint density at radius 2 is 1.61 bits per heavy atom. The van der Waals surface area contributed by atoms with Crippen LogP contribution in [0.1, 0.15) is 10.4 Å². The SMILES string of the molecule is O=C(Nc1ccccc1Cl)c1ccc(-c2ccccc2)[nH]c1=O.